The second-order valence-corrected chi connectivity index (χ2v) is 5.84. The number of carbonyl (C=O) groups excluding carboxylic acids is 1. The van der Waals surface area contributed by atoms with Crippen molar-refractivity contribution in [3.05, 3.63) is 34.1 Å². The van der Waals surface area contributed by atoms with Gasteiger partial charge < -0.3 is 10.6 Å². The Morgan fingerprint density at radius 2 is 2.05 bits per heavy atom. The lowest BCUT2D eigenvalue weighted by molar-refractivity contribution is -0.122. The Labute approximate surface area is 122 Å². The molecule has 1 atom stereocenters. The van der Waals surface area contributed by atoms with Crippen LogP contribution in [0.5, 0.6) is 0 Å². The van der Waals surface area contributed by atoms with Gasteiger partial charge in [-0.3, -0.25) is 4.79 Å². The highest BCUT2D eigenvalue weighted by Gasteiger charge is 2.12. The van der Waals surface area contributed by atoms with E-state index in [1.54, 1.807) is 12.1 Å². The second-order valence-electron chi connectivity index (χ2n) is 4.99. The number of nitrogens with one attached hydrogen (secondary N) is 2. The third-order valence-electron chi connectivity index (χ3n) is 2.67. The predicted molar refractivity (Wildman–Crippen MR) is 78.2 cm³/mol. The fraction of sp³-hybridized carbons (Fsp3) is 0.500. The summed E-state index contributed by atoms with van der Waals surface area (Å²) in [5.41, 5.74) is 0.928. The van der Waals surface area contributed by atoms with Crippen molar-refractivity contribution >= 4 is 21.8 Å². The van der Waals surface area contributed by atoms with E-state index in [0.717, 1.165) is 5.56 Å². The Balaban J connectivity index is 2.42. The highest BCUT2D eigenvalue weighted by molar-refractivity contribution is 9.10. The van der Waals surface area contributed by atoms with Crippen molar-refractivity contribution in [2.24, 2.45) is 5.92 Å². The van der Waals surface area contributed by atoms with Crippen LogP contribution in [0.1, 0.15) is 26.3 Å². The molecule has 0 heterocycles. The fourth-order valence-electron chi connectivity index (χ4n) is 1.47. The second kappa shape index (κ2) is 7.60. The minimum absolute atomic E-state index is 0.0186. The first-order valence-corrected chi connectivity index (χ1v) is 7.14. The first-order chi connectivity index (χ1) is 8.90. The van der Waals surface area contributed by atoms with E-state index in [9.17, 15) is 9.18 Å². The molecule has 1 rings (SSSR count). The molecular formula is C14H20BrFN2O. The van der Waals surface area contributed by atoms with E-state index in [1.807, 2.05) is 6.92 Å². The molecule has 0 aromatic heterocycles. The SMILES string of the molecule is CC(C)CNC(=O)C(C)NCc1ccc(F)c(Br)c1. The lowest BCUT2D eigenvalue weighted by Gasteiger charge is -2.15. The molecule has 0 aliphatic carbocycles. The molecule has 0 saturated carbocycles. The third kappa shape index (κ3) is 5.70. The van der Waals surface area contributed by atoms with Gasteiger partial charge in [-0.2, -0.15) is 0 Å². The van der Waals surface area contributed by atoms with Gasteiger partial charge in [0, 0.05) is 13.1 Å². The Bertz CT molecular complexity index is 437. The highest BCUT2D eigenvalue weighted by Crippen LogP contribution is 2.16. The molecule has 5 heteroatoms. The minimum atomic E-state index is -0.286. The Kier molecular flexibility index (Phi) is 6.45. The molecule has 1 aromatic rings. The number of hydrogen-bond acceptors (Lipinski definition) is 2. The Morgan fingerprint density at radius 3 is 2.63 bits per heavy atom. The summed E-state index contributed by atoms with van der Waals surface area (Å²) in [6.45, 7) is 7.11. The average Bonchev–Trinajstić information content (AvgIpc) is 2.36. The van der Waals surface area contributed by atoms with Crippen LogP contribution < -0.4 is 10.6 Å². The van der Waals surface area contributed by atoms with Gasteiger partial charge in [0.1, 0.15) is 5.82 Å². The summed E-state index contributed by atoms with van der Waals surface area (Å²) in [6, 6.07) is 4.54. The van der Waals surface area contributed by atoms with E-state index in [0.29, 0.717) is 23.5 Å². The molecule has 106 valence electrons. The van der Waals surface area contributed by atoms with E-state index < -0.39 is 0 Å². The first-order valence-electron chi connectivity index (χ1n) is 6.35. The Morgan fingerprint density at radius 1 is 1.37 bits per heavy atom. The summed E-state index contributed by atoms with van der Waals surface area (Å²) in [5.74, 6) is 0.130. The van der Waals surface area contributed by atoms with Crippen LogP contribution in [-0.4, -0.2) is 18.5 Å². The molecule has 1 unspecified atom stereocenters. The number of amides is 1. The van der Waals surface area contributed by atoms with Gasteiger partial charge in [-0.25, -0.2) is 4.39 Å². The van der Waals surface area contributed by atoms with Crippen LogP contribution in [0, 0.1) is 11.7 Å². The normalized spacial score (nSPS) is 12.5. The zero-order chi connectivity index (χ0) is 14.4. The van der Waals surface area contributed by atoms with Crippen LogP contribution in [0.15, 0.2) is 22.7 Å². The van der Waals surface area contributed by atoms with E-state index >= 15 is 0 Å². The van der Waals surface area contributed by atoms with Crippen molar-refractivity contribution in [2.45, 2.75) is 33.4 Å². The zero-order valence-electron chi connectivity index (χ0n) is 11.5. The minimum Gasteiger partial charge on any atom is -0.354 e. The van der Waals surface area contributed by atoms with Gasteiger partial charge in [-0.1, -0.05) is 19.9 Å². The Hall–Kier alpha value is -0.940. The van der Waals surface area contributed by atoms with Crippen molar-refractivity contribution in [1.29, 1.82) is 0 Å². The number of rotatable bonds is 6. The largest absolute Gasteiger partial charge is 0.354 e. The summed E-state index contributed by atoms with van der Waals surface area (Å²) >= 11 is 3.14. The third-order valence-corrected chi connectivity index (χ3v) is 3.28. The van der Waals surface area contributed by atoms with Gasteiger partial charge in [0.2, 0.25) is 5.91 Å². The first kappa shape index (κ1) is 16.1. The summed E-state index contributed by atoms with van der Waals surface area (Å²) in [6.07, 6.45) is 0. The van der Waals surface area contributed by atoms with E-state index in [2.05, 4.69) is 40.4 Å². The standard InChI is InChI=1S/C14H20BrFN2O/c1-9(2)7-18-14(19)10(3)17-8-11-4-5-13(16)12(15)6-11/h4-6,9-10,17H,7-8H2,1-3H3,(H,18,19). The molecule has 1 aromatic carbocycles. The van der Waals surface area contributed by atoms with Gasteiger partial charge in [-0.05, 0) is 46.5 Å². The van der Waals surface area contributed by atoms with Crippen LogP contribution >= 0.6 is 15.9 Å². The number of carbonyl (C=O) groups is 1. The van der Waals surface area contributed by atoms with E-state index in [-0.39, 0.29) is 17.8 Å². The molecule has 1 amide bonds. The van der Waals surface area contributed by atoms with Crippen molar-refractivity contribution in [3.8, 4) is 0 Å². The molecule has 0 radical (unpaired) electrons. The summed E-state index contributed by atoms with van der Waals surface area (Å²) in [4.78, 5) is 11.7. The van der Waals surface area contributed by atoms with Crippen LogP contribution in [0.4, 0.5) is 4.39 Å². The van der Waals surface area contributed by atoms with Gasteiger partial charge in [0.25, 0.3) is 0 Å². The van der Waals surface area contributed by atoms with Gasteiger partial charge in [0.05, 0.1) is 10.5 Å². The van der Waals surface area contributed by atoms with E-state index in [4.69, 9.17) is 0 Å². The maximum atomic E-state index is 13.1. The van der Waals surface area contributed by atoms with Gasteiger partial charge >= 0.3 is 0 Å². The lowest BCUT2D eigenvalue weighted by Crippen LogP contribution is -2.42. The van der Waals surface area contributed by atoms with Crippen molar-refractivity contribution < 1.29 is 9.18 Å². The summed E-state index contributed by atoms with van der Waals surface area (Å²) in [5, 5.41) is 5.98. The smallest absolute Gasteiger partial charge is 0.236 e. The topological polar surface area (TPSA) is 41.1 Å². The number of benzene rings is 1. The zero-order valence-corrected chi connectivity index (χ0v) is 13.1. The molecule has 0 fully saturated rings. The lowest BCUT2D eigenvalue weighted by atomic mass is 10.2. The van der Waals surface area contributed by atoms with Crippen molar-refractivity contribution in [2.75, 3.05) is 6.54 Å². The van der Waals surface area contributed by atoms with Crippen molar-refractivity contribution in [3.63, 3.8) is 0 Å². The monoisotopic (exact) mass is 330 g/mol. The van der Waals surface area contributed by atoms with Crippen LogP contribution in [0.25, 0.3) is 0 Å². The maximum absolute atomic E-state index is 13.1. The van der Waals surface area contributed by atoms with Crippen molar-refractivity contribution in [1.82, 2.24) is 10.6 Å². The molecular weight excluding hydrogens is 311 g/mol. The molecule has 0 aliphatic rings. The molecule has 0 saturated heterocycles. The fourth-order valence-corrected chi connectivity index (χ4v) is 1.90. The highest BCUT2D eigenvalue weighted by atomic mass is 79.9. The molecule has 0 bridgehead atoms. The molecule has 0 spiro atoms. The van der Waals surface area contributed by atoms with Crippen LogP contribution in [-0.2, 0) is 11.3 Å². The predicted octanol–water partition coefficient (Wildman–Crippen LogP) is 2.84. The summed E-state index contributed by atoms with van der Waals surface area (Å²) < 4.78 is 13.5. The van der Waals surface area contributed by atoms with Crippen LogP contribution in [0.2, 0.25) is 0 Å². The number of halogens is 2. The van der Waals surface area contributed by atoms with Gasteiger partial charge in [-0.15, -0.1) is 0 Å². The quantitative estimate of drug-likeness (QED) is 0.842. The molecule has 19 heavy (non-hydrogen) atoms. The average molecular weight is 331 g/mol. The molecule has 3 nitrogen and oxygen atoms in total. The maximum Gasteiger partial charge on any atom is 0.236 e. The summed E-state index contributed by atoms with van der Waals surface area (Å²) in [7, 11) is 0. The van der Waals surface area contributed by atoms with E-state index in [1.165, 1.54) is 6.07 Å². The van der Waals surface area contributed by atoms with Crippen LogP contribution in [0.3, 0.4) is 0 Å². The molecule has 2 N–H and O–H groups in total. The number of hydrogen-bond donors (Lipinski definition) is 2. The van der Waals surface area contributed by atoms with Gasteiger partial charge in [0.15, 0.2) is 0 Å². The molecule has 0 aliphatic heterocycles.